The maximum absolute atomic E-state index is 9.03. The van der Waals surface area contributed by atoms with E-state index in [-0.39, 0.29) is 0 Å². The van der Waals surface area contributed by atoms with E-state index in [1.807, 2.05) is 0 Å². The van der Waals surface area contributed by atoms with Gasteiger partial charge in [-0.2, -0.15) is 0 Å². The molecule has 0 aliphatic heterocycles. The molecule has 0 aromatic carbocycles. The molecule has 2 atom stereocenters. The van der Waals surface area contributed by atoms with Crippen molar-refractivity contribution in [3.63, 3.8) is 0 Å². The third-order valence-corrected chi connectivity index (χ3v) is 1.26. The van der Waals surface area contributed by atoms with Gasteiger partial charge in [0.15, 0.2) is 0 Å². The largest absolute Gasteiger partial charge is 0.375 e. The number of aliphatic hydroxyl groups is 2. The SMILES string of the molecule is C=CC(O)N(C)C(O)C=C. The molecule has 0 saturated heterocycles. The van der Waals surface area contributed by atoms with Crippen molar-refractivity contribution in [2.24, 2.45) is 0 Å². The van der Waals surface area contributed by atoms with Crippen LogP contribution in [0.15, 0.2) is 25.3 Å². The van der Waals surface area contributed by atoms with Crippen molar-refractivity contribution in [3.05, 3.63) is 25.3 Å². The molecule has 0 bridgehead atoms. The Hall–Kier alpha value is -0.640. The topological polar surface area (TPSA) is 43.7 Å². The molecule has 0 fully saturated rings. The van der Waals surface area contributed by atoms with E-state index in [1.165, 1.54) is 17.1 Å². The molecule has 58 valence electrons. The predicted octanol–water partition coefficient (Wildman–Crippen LogP) is -0.0730. The Balaban J connectivity index is 3.91. The average Bonchev–Trinajstić information content (AvgIpc) is 2.00. The highest BCUT2D eigenvalue weighted by Gasteiger charge is 2.11. The quantitative estimate of drug-likeness (QED) is 0.427. The van der Waals surface area contributed by atoms with E-state index < -0.39 is 12.5 Å². The molecule has 10 heavy (non-hydrogen) atoms. The molecule has 0 aromatic rings. The Morgan fingerprint density at radius 1 is 1.20 bits per heavy atom. The van der Waals surface area contributed by atoms with Crippen LogP contribution in [0.2, 0.25) is 0 Å². The van der Waals surface area contributed by atoms with E-state index in [9.17, 15) is 0 Å². The number of likely N-dealkylation sites (N-methyl/N-ethyl adjacent to an activating group) is 1. The summed E-state index contributed by atoms with van der Waals surface area (Å²) in [4.78, 5) is 1.32. The fraction of sp³-hybridized carbons (Fsp3) is 0.429. The number of aliphatic hydroxyl groups excluding tert-OH is 2. The van der Waals surface area contributed by atoms with Gasteiger partial charge in [0.1, 0.15) is 12.5 Å². The highest BCUT2D eigenvalue weighted by molar-refractivity contribution is 4.84. The second kappa shape index (κ2) is 4.22. The van der Waals surface area contributed by atoms with E-state index in [0.717, 1.165) is 0 Å². The van der Waals surface area contributed by atoms with Crippen LogP contribution in [-0.4, -0.2) is 34.6 Å². The van der Waals surface area contributed by atoms with Crippen LogP contribution in [0.1, 0.15) is 0 Å². The zero-order valence-corrected chi connectivity index (χ0v) is 6.07. The number of rotatable bonds is 4. The molecular formula is C7H13NO2. The van der Waals surface area contributed by atoms with Gasteiger partial charge in [-0.25, -0.2) is 4.90 Å². The zero-order chi connectivity index (χ0) is 8.15. The third kappa shape index (κ3) is 2.31. The summed E-state index contributed by atoms with van der Waals surface area (Å²) in [5.74, 6) is 0. The molecule has 2 N–H and O–H groups in total. The number of hydrogen-bond acceptors (Lipinski definition) is 3. The minimum Gasteiger partial charge on any atom is -0.375 e. The van der Waals surface area contributed by atoms with Crippen LogP contribution in [0.25, 0.3) is 0 Å². The van der Waals surface area contributed by atoms with Crippen LogP contribution in [0.3, 0.4) is 0 Å². The van der Waals surface area contributed by atoms with Crippen LogP contribution in [0.4, 0.5) is 0 Å². The first-order valence-corrected chi connectivity index (χ1v) is 2.96. The molecule has 0 spiro atoms. The monoisotopic (exact) mass is 143 g/mol. The van der Waals surface area contributed by atoms with Gasteiger partial charge in [-0.15, -0.1) is 0 Å². The van der Waals surface area contributed by atoms with Crippen molar-refractivity contribution in [2.45, 2.75) is 12.5 Å². The molecule has 3 nitrogen and oxygen atoms in total. The first kappa shape index (κ1) is 9.36. The summed E-state index contributed by atoms with van der Waals surface area (Å²) >= 11 is 0. The Kier molecular flexibility index (Phi) is 3.95. The van der Waals surface area contributed by atoms with Crippen LogP contribution < -0.4 is 0 Å². The molecule has 0 amide bonds. The lowest BCUT2D eigenvalue weighted by Gasteiger charge is -2.23. The predicted molar refractivity (Wildman–Crippen MR) is 40.2 cm³/mol. The fourth-order valence-electron chi connectivity index (χ4n) is 0.489. The first-order chi connectivity index (χ1) is 4.63. The van der Waals surface area contributed by atoms with Crippen molar-refractivity contribution in [1.29, 1.82) is 0 Å². The summed E-state index contributed by atoms with van der Waals surface area (Å²) in [7, 11) is 1.57. The van der Waals surface area contributed by atoms with Crippen LogP contribution >= 0.6 is 0 Å². The van der Waals surface area contributed by atoms with E-state index in [4.69, 9.17) is 10.2 Å². The van der Waals surface area contributed by atoms with E-state index in [2.05, 4.69) is 13.2 Å². The molecule has 0 heterocycles. The van der Waals surface area contributed by atoms with Crippen molar-refractivity contribution >= 4 is 0 Å². The fourth-order valence-corrected chi connectivity index (χ4v) is 0.489. The Morgan fingerprint density at radius 3 is 1.70 bits per heavy atom. The van der Waals surface area contributed by atoms with Gasteiger partial charge in [-0.1, -0.05) is 13.2 Å². The zero-order valence-electron chi connectivity index (χ0n) is 6.07. The highest BCUT2D eigenvalue weighted by Crippen LogP contribution is 1.98. The second-order valence-corrected chi connectivity index (χ2v) is 1.96. The normalized spacial score (nSPS) is 16.4. The number of nitrogens with zero attached hydrogens (tertiary/aromatic N) is 1. The van der Waals surface area contributed by atoms with Gasteiger partial charge in [0.2, 0.25) is 0 Å². The molecule has 0 aliphatic rings. The molecule has 2 unspecified atom stereocenters. The van der Waals surface area contributed by atoms with Gasteiger partial charge in [0.05, 0.1) is 0 Å². The average molecular weight is 143 g/mol. The minimum absolute atomic E-state index is 0.826. The van der Waals surface area contributed by atoms with Crippen LogP contribution in [-0.2, 0) is 0 Å². The van der Waals surface area contributed by atoms with Gasteiger partial charge in [0, 0.05) is 0 Å². The lowest BCUT2D eigenvalue weighted by atomic mass is 10.4. The summed E-state index contributed by atoms with van der Waals surface area (Å²) in [6, 6.07) is 0. The molecular weight excluding hydrogens is 130 g/mol. The lowest BCUT2D eigenvalue weighted by molar-refractivity contribution is -0.0372. The lowest BCUT2D eigenvalue weighted by Crippen LogP contribution is -2.37. The summed E-state index contributed by atoms with van der Waals surface area (Å²) in [6.45, 7) is 6.72. The maximum atomic E-state index is 9.03. The second-order valence-electron chi connectivity index (χ2n) is 1.96. The molecule has 0 aromatic heterocycles. The smallest absolute Gasteiger partial charge is 0.128 e. The molecule has 3 heteroatoms. The van der Waals surface area contributed by atoms with Gasteiger partial charge in [-0.3, -0.25) is 0 Å². The minimum atomic E-state index is -0.826. The highest BCUT2D eigenvalue weighted by atomic mass is 16.3. The van der Waals surface area contributed by atoms with Crippen molar-refractivity contribution in [1.82, 2.24) is 4.90 Å². The maximum Gasteiger partial charge on any atom is 0.128 e. The van der Waals surface area contributed by atoms with Crippen molar-refractivity contribution in [3.8, 4) is 0 Å². The van der Waals surface area contributed by atoms with Crippen molar-refractivity contribution in [2.75, 3.05) is 7.05 Å². The molecule has 0 radical (unpaired) electrons. The Labute approximate surface area is 60.9 Å². The van der Waals surface area contributed by atoms with Gasteiger partial charge in [-0.05, 0) is 19.2 Å². The summed E-state index contributed by atoms with van der Waals surface area (Å²) in [6.07, 6.45) is 1.00. The summed E-state index contributed by atoms with van der Waals surface area (Å²) in [5, 5.41) is 18.1. The van der Waals surface area contributed by atoms with E-state index in [1.54, 1.807) is 7.05 Å². The van der Waals surface area contributed by atoms with Gasteiger partial charge < -0.3 is 10.2 Å². The van der Waals surface area contributed by atoms with Crippen LogP contribution in [0.5, 0.6) is 0 Å². The Bertz CT molecular complexity index is 111. The Morgan fingerprint density at radius 2 is 1.50 bits per heavy atom. The van der Waals surface area contributed by atoms with Crippen molar-refractivity contribution < 1.29 is 10.2 Å². The molecule has 0 aliphatic carbocycles. The molecule has 0 saturated carbocycles. The van der Waals surface area contributed by atoms with E-state index in [0.29, 0.717) is 0 Å². The number of hydrogen-bond donors (Lipinski definition) is 2. The third-order valence-electron chi connectivity index (χ3n) is 1.26. The molecule has 0 rings (SSSR count). The first-order valence-electron chi connectivity index (χ1n) is 2.96. The van der Waals surface area contributed by atoms with Gasteiger partial charge in [0.25, 0.3) is 0 Å². The standard InChI is InChI=1S/C7H13NO2/c1-4-6(9)8(3)7(10)5-2/h4-7,9-10H,1-2H2,3H3. The summed E-state index contributed by atoms with van der Waals surface area (Å²) in [5.41, 5.74) is 0. The van der Waals surface area contributed by atoms with Gasteiger partial charge >= 0.3 is 0 Å². The van der Waals surface area contributed by atoms with Crippen LogP contribution in [0, 0.1) is 0 Å². The summed E-state index contributed by atoms with van der Waals surface area (Å²) < 4.78 is 0. The van der Waals surface area contributed by atoms with E-state index >= 15 is 0 Å².